The maximum atomic E-state index is 12.5. The highest BCUT2D eigenvalue weighted by atomic mass is 32.1. The summed E-state index contributed by atoms with van der Waals surface area (Å²) in [6.07, 6.45) is 1.53. The van der Waals surface area contributed by atoms with Crippen LogP contribution in [0.2, 0.25) is 0 Å². The van der Waals surface area contributed by atoms with Crippen LogP contribution in [0.15, 0.2) is 59.5 Å². The fourth-order valence-corrected chi connectivity index (χ4v) is 3.39. The van der Waals surface area contributed by atoms with Crippen LogP contribution in [0.1, 0.15) is 30.9 Å². The summed E-state index contributed by atoms with van der Waals surface area (Å²) >= 11 is 1.21. The third kappa shape index (κ3) is 4.96. The van der Waals surface area contributed by atoms with Gasteiger partial charge in [-0.3, -0.25) is 20.2 Å². The van der Waals surface area contributed by atoms with Gasteiger partial charge in [0.2, 0.25) is 0 Å². The number of nitro groups is 1. The SMILES string of the molecule is CC(C)c1ccc(/C=C(\C#N)C(=O)Nc2nc(-c3ccc([N+](=O)[O-])cc3)cs2)cc1. The molecule has 150 valence electrons. The molecule has 0 bridgehead atoms. The normalized spacial score (nSPS) is 11.2. The zero-order valence-electron chi connectivity index (χ0n) is 16.3. The Kier molecular flexibility index (Phi) is 6.35. The Morgan fingerprint density at radius 1 is 1.20 bits per heavy atom. The average Bonchev–Trinajstić information content (AvgIpc) is 3.20. The molecule has 0 aliphatic heterocycles. The zero-order valence-corrected chi connectivity index (χ0v) is 17.1. The molecule has 8 heteroatoms. The summed E-state index contributed by atoms with van der Waals surface area (Å²) in [4.78, 5) is 27.1. The predicted molar refractivity (Wildman–Crippen MR) is 117 cm³/mol. The number of nitriles is 1. The number of nitrogens with one attached hydrogen (secondary N) is 1. The van der Waals surface area contributed by atoms with Crippen LogP contribution in [0.3, 0.4) is 0 Å². The summed E-state index contributed by atoms with van der Waals surface area (Å²) in [5.41, 5.74) is 3.18. The van der Waals surface area contributed by atoms with Crippen LogP contribution in [-0.2, 0) is 4.79 Å². The fourth-order valence-electron chi connectivity index (χ4n) is 2.67. The second-order valence-corrected chi connectivity index (χ2v) is 7.65. The van der Waals surface area contributed by atoms with Gasteiger partial charge in [-0.05, 0) is 35.3 Å². The molecule has 0 unspecified atom stereocenters. The number of hydrogen-bond acceptors (Lipinski definition) is 6. The Morgan fingerprint density at radius 2 is 1.87 bits per heavy atom. The molecule has 0 radical (unpaired) electrons. The second-order valence-electron chi connectivity index (χ2n) is 6.79. The number of rotatable bonds is 6. The van der Waals surface area contributed by atoms with E-state index in [1.165, 1.54) is 35.1 Å². The molecule has 7 nitrogen and oxygen atoms in total. The minimum Gasteiger partial charge on any atom is -0.297 e. The van der Waals surface area contributed by atoms with E-state index in [1.54, 1.807) is 17.5 Å². The summed E-state index contributed by atoms with van der Waals surface area (Å²) in [5, 5.41) is 24.8. The third-order valence-corrected chi connectivity index (χ3v) is 5.14. The molecule has 3 rings (SSSR count). The number of amides is 1. The lowest BCUT2D eigenvalue weighted by Crippen LogP contribution is -2.13. The van der Waals surface area contributed by atoms with Crippen molar-refractivity contribution in [2.75, 3.05) is 5.32 Å². The average molecular weight is 418 g/mol. The summed E-state index contributed by atoms with van der Waals surface area (Å²) in [5.74, 6) is -0.147. The Hall–Kier alpha value is -3.83. The van der Waals surface area contributed by atoms with E-state index in [4.69, 9.17) is 0 Å². The molecule has 0 fully saturated rings. The number of hydrogen-bond donors (Lipinski definition) is 1. The molecule has 0 saturated carbocycles. The van der Waals surface area contributed by atoms with Crippen LogP contribution in [-0.4, -0.2) is 15.8 Å². The molecule has 0 saturated heterocycles. The highest BCUT2D eigenvalue weighted by Gasteiger charge is 2.13. The minimum atomic E-state index is -0.546. The van der Waals surface area contributed by atoms with Crippen molar-refractivity contribution >= 4 is 34.1 Å². The minimum absolute atomic E-state index is 0.00673. The fraction of sp³-hybridized carbons (Fsp3) is 0.136. The molecular weight excluding hydrogens is 400 g/mol. The predicted octanol–water partition coefficient (Wildman–Crippen LogP) is 5.39. The summed E-state index contributed by atoms with van der Waals surface area (Å²) in [6, 6.07) is 15.6. The molecule has 0 aliphatic carbocycles. The third-order valence-electron chi connectivity index (χ3n) is 4.38. The topological polar surface area (TPSA) is 109 Å². The Bertz CT molecular complexity index is 1140. The number of thiazole rings is 1. The Morgan fingerprint density at radius 3 is 2.43 bits per heavy atom. The first-order chi connectivity index (χ1) is 14.4. The van der Waals surface area contributed by atoms with Crippen LogP contribution in [0.25, 0.3) is 17.3 Å². The van der Waals surface area contributed by atoms with Crippen molar-refractivity contribution < 1.29 is 9.72 Å². The van der Waals surface area contributed by atoms with E-state index in [0.29, 0.717) is 22.3 Å². The van der Waals surface area contributed by atoms with Gasteiger partial charge in [-0.15, -0.1) is 11.3 Å². The number of non-ortho nitro benzene ring substituents is 1. The van der Waals surface area contributed by atoms with Gasteiger partial charge >= 0.3 is 0 Å². The molecule has 30 heavy (non-hydrogen) atoms. The summed E-state index contributed by atoms with van der Waals surface area (Å²) < 4.78 is 0. The highest BCUT2D eigenvalue weighted by molar-refractivity contribution is 7.14. The molecule has 0 spiro atoms. The Balaban J connectivity index is 1.73. The van der Waals surface area contributed by atoms with Crippen molar-refractivity contribution in [1.29, 1.82) is 5.26 Å². The number of carbonyl (C=O) groups excluding carboxylic acids is 1. The van der Waals surface area contributed by atoms with E-state index in [-0.39, 0.29) is 11.3 Å². The van der Waals surface area contributed by atoms with Crippen molar-refractivity contribution in [2.24, 2.45) is 0 Å². The van der Waals surface area contributed by atoms with Crippen LogP contribution in [0.4, 0.5) is 10.8 Å². The second kappa shape index (κ2) is 9.11. The van der Waals surface area contributed by atoms with Crippen LogP contribution >= 0.6 is 11.3 Å². The summed E-state index contributed by atoms with van der Waals surface area (Å²) in [7, 11) is 0. The van der Waals surface area contributed by atoms with Gasteiger partial charge in [-0.1, -0.05) is 38.1 Å². The van der Waals surface area contributed by atoms with Crippen molar-refractivity contribution in [2.45, 2.75) is 19.8 Å². The summed E-state index contributed by atoms with van der Waals surface area (Å²) in [6.45, 7) is 4.19. The van der Waals surface area contributed by atoms with E-state index >= 15 is 0 Å². The maximum Gasteiger partial charge on any atom is 0.269 e. The molecule has 1 aromatic heterocycles. The first-order valence-corrected chi connectivity index (χ1v) is 9.99. The maximum absolute atomic E-state index is 12.5. The highest BCUT2D eigenvalue weighted by Crippen LogP contribution is 2.27. The van der Waals surface area contributed by atoms with Gasteiger partial charge in [-0.2, -0.15) is 5.26 Å². The van der Waals surface area contributed by atoms with Gasteiger partial charge in [0.15, 0.2) is 5.13 Å². The van der Waals surface area contributed by atoms with E-state index in [0.717, 1.165) is 5.56 Å². The molecule has 1 amide bonds. The molecule has 3 aromatic rings. The molecule has 1 N–H and O–H groups in total. The largest absolute Gasteiger partial charge is 0.297 e. The van der Waals surface area contributed by atoms with E-state index < -0.39 is 10.8 Å². The van der Waals surface area contributed by atoms with Crippen molar-refractivity contribution in [3.05, 3.63) is 80.7 Å². The van der Waals surface area contributed by atoms with Crippen molar-refractivity contribution in [1.82, 2.24) is 4.98 Å². The standard InChI is InChI=1S/C22H18N4O3S/c1-14(2)16-5-3-15(4-6-16)11-18(12-23)21(27)25-22-24-20(13-30-22)17-7-9-19(10-8-17)26(28)29/h3-11,13-14H,1-2H3,(H,24,25,27)/b18-11+. The number of nitro benzene ring substituents is 1. The lowest BCUT2D eigenvalue weighted by atomic mass is 10.0. The van der Waals surface area contributed by atoms with Crippen LogP contribution < -0.4 is 5.32 Å². The van der Waals surface area contributed by atoms with Gasteiger partial charge < -0.3 is 0 Å². The number of carbonyl (C=O) groups is 1. The van der Waals surface area contributed by atoms with E-state index in [9.17, 15) is 20.2 Å². The van der Waals surface area contributed by atoms with Crippen molar-refractivity contribution in [3.8, 4) is 17.3 Å². The van der Waals surface area contributed by atoms with Crippen LogP contribution in [0.5, 0.6) is 0 Å². The smallest absolute Gasteiger partial charge is 0.269 e. The monoisotopic (exact) mass is 418 g/mol. The van der Waals surface area contributed by atoms with E-state index in [2.05, 4.69) is 24.1 Å². The van der Waals surface area contributed by atoms with Crippen molar-refractivity contribution in [3.63, 3.8) is 0 Å². The van der Waals surface area contributed by atoms with Gasteiger partial charge in [0.1, 0.15) is 11.6 Å². The van der Waals surface area contributed by atoms with Gasteiger partial charge in [0.25, 0.3) is 11.6 Å². The van der Waals surface area contributed by atoms with Gasteiger partial charge in [0, 0.05) is 23.1 Å². The first-order valence-electron chi connectivity index (χ1n) is 9.11. The number of anilines is 1. The number of nitrogens with zero attached hydrogens (tertiary/aromatic N) is 3. The first kappa shape index (κ1) is 20.9. The van der Waals surface area contributed by atoms with E-state index in [1.807, 2.05) is 30.3 Å². The molecular formula is C22H18N4O3S. The lowest BCUT2D eigenvalue weighted by Gasteiger charge is -2.05. The molecule has 0 atom stereocenters. The van der Waals surface area contributed by atoms with Gasteiger partial charge in [0.05, 0.1) is 10.6 Å². The molecule has 0 aliphatic rings. The van der Waals surface area contributed by atoms with Gasteiger partial charge in [-0.25, -0.2) is 4.98 Å². The lowest BCUT2D eigenvalue weighted by molar-refractivity contribution is -0.384. The number of benzene rings is 2. The quantitative estimate of drug-likeness (QED) is 0.250. The van der Waals surface area contributed by atoms with Crippen LogP contribution in [0, 0.1) is 21.4 Å². The molecule has 1 heterocycles. The zero-order chi connectivity index (χ0) is 21.7. The number of aromatic nitrogens is 1. The molecule has 2 aromatic carbocycles. The Labute approximate surface area is 177 Å².